The van der Waals surface area contributed by atoms with Crippen LogP contribution in [0, 0.1) is 0 Å². The molecule has 0 radical (unpaired) electrons. The van der Waals surface area contributed by atoms with Crippen LogP contribution >= 0.6 is 11.8 Å². The highest BCUT2D eigenvalue weighted by atomic mass is 32.2. The molecule has 1 amide bonds. The summed E-state index contributed by atoms with van der Waals surface area (Å²) in [6, 6.07) is 7.72. The average Bonchev–Trinajstić information content (AvgIpc) is 2.96. The van der Waals surface area contributed by atoms with Gasteiger partial charge in [0.15, 0.2) is 0 Å². The highest BCUT2D eigenvalue weighted by molar-refractivity contribution is 7.99. The number of benzene rings is 1. The van der Waals surface area contributed by atoms with Gasteiger partial charge in [-0.3, -0.25) is 4.79 Å². The molecule has 1 aromatic carbocycles. The maximum atomic E-state index is 12.5. The number of thioether (sulfide) groups is 1. The second kappa shape index (κ2) is 6.48. The first-order valence-corrected chi connectivity index (χ1v) is 8.42. The van der Waals surface area contributed by atoms with E-state index in [1.807, 2.05) is 24.3 Å². The van der Waals surface area contributed by atoms with Gasteiger partial charge in [-0.1, -0.05) is 19.9 Å². The lowest BCUT2D eigenvalue weighted by molar-refractivity contribution is 0.102. The Labute approximate surface area is 134 Å². The van der Waals surface area contributed by atoms with Crippen LogP contribution in [0.15, 0.2) is 35.5 Å². The number of aromatic nitrogens is 2. The van der Waals surface area contributed by atoms with Crippen molar-refractivity contribution in [3.8, 4) is 0 Å². The fourth-order valence-corrected chi connectivity index (χ4v) is 3.53. The van der Waals surface area contributed by atoms with Gasteiger partial charge in [0.25, 0.3) is 5.91 Å². The summed E-state index contributed by atoms with van der Waals surface area (Å²) in [7, 11) is 0. The van der Waals surface area contributed by atoms with E-state index in [1.165, 1.54) is 6.33 Å². The Kier molecular flexibility index (Phi) is 4.43. The molecule has 0 atom stereocenters. The van der Waals surface area contributed by atoms with E-state index in [1.54, 1.807) is 11.8 Å². The highest BCUT2D eigenvalue weighted by Gasteiger charge is 2.19. The summed E-state index contributed by atoms with van der Waals surface area (Å²) in [5.74, 6) is 0.549. The third-order valence-corrected chi connectivity index (χ3v) is 4.57. The predicted octanol–water partition coefficient (Wildman–Crippen LogP) is 3.72. The lowest BCUT2D eigenvalue weighted by atomic mass is 10.2. The summed E-state index contributed by atoms with van der Waals surface area (Å²) in [6.07, 6.45) is 4.53. The number of hydrogen-bond acceptors (Lipinski definition) is 4. The van der Waals surface area contributed by atoms with Crippen LogP contribution in [-0.4, -0.2) is 21.1 Å². The van der Waals surface area contributed by atoms with Crippen LogP contribution in [0.2, 0.25) is 0 Å². The first kappa shape index (κ1) is 15.0. The molecule has 0 spiro atoms. The largest absolute Gasteiger partial charge is 0.306 e. The third-order valence-electron chi connectivity index (χ3n) is 3.57. The lowest BCUT2D eigenvalue weighted by Gasteiger charge is -2.10. The van der Waals surface area contributed by atoms with Crippen LogP contribution in [0.3, 0.4) is 0 Å². The van der Waals surface area contributed by atoms with Crippen LogP contribution in [0.4, 0.5) is 5.82 Å². The molecule has 5 heteroatoms. The van der Waals surface area contributed by atoms with Crippen molar-refractivity contribution in [3.05, 3.63) is 47.4 Å². The molecule has 0 bridgehead atoms. The van der Waals surface area contributed by atoms with Gasteiger partial charge in [-0.15, -0.1) is 11.8 Å². The summed E-state index contributed by atoms with van der Waals surface area (Å²) < 4.78 is 0. The number of amides is 1. The van der Waals surface area contributed by atoms with Crippen molar-refractivity contribution in [3.63, 3.8) is 0 Å². The Morgan fingerprint density at radius 2 is 2.14 bits per heavy atom. The molecule has 0 fully saturated rings. The van der Waals surface area contributed by atoms with Gasteiger partial charge in [-0.25, -0.2) is 9.97 Å². The Hall–Kier alpha value is -1.88. The van der Waals surface area contributed by atoms with E-state index in [2.05, 4.69) is 29.1 Å². The van der Waals surface area contributed by atoms with Crippen molar-refractivity contribution in [2.75, 3.05) is 5.32 Å². The molecule has 22 heavy (non-hydrogen) atoms. The van der Waals surface area contributed by atoms with Crippen molar-refractivity contribution in [2.45, 2.75) is 43.3 Å². The zero-order valence-electron chi connectivity index (χ0n) is 12.8. The summed E-state index contributed by atoms with van der Waals surface area (Å²) in [5, 5.41) is 3.43. The number of rotatable bonds is 4. The monoisotopic (exact) mass is 313 g/mol. The molecule has 0 saturated heterocycles. The third kappa shape index (κ3) is 3.30. The van der Waals surface area contributed by atoms with Crippen LogP contribution in [0.5, 0.6) is 0 Å². The van der Waals surface area contributed by atoms with E-state index in [0.717, 1.165) is 35.4 Å². The summed E-state index contributed by atoms with van der Waals surface area (Å²) in [5.41, 5.74) is 2.81. The van der Waals surface area contributed by atoms with Crippen LogP contribution in [0.25, 0.3) is 0 Å². The second-order valence-electron chi connectivity index (χ2n) is 5.65. The van der Waals surface area contributed by atoms with Crippen LogP contribution in [0.1, 0.15) is 41.9 Å². The molecular weight excluding hydrogens is 294 g/mol. The molecule has 1 aliphatic carbocycles. The van der Waals surface area contributed by atoms with E-state index < -0.39 is 0 Å². The fourth-order valence-electron chi connectivity index (χ4n) is 2.63. The SMILES string of the molecule is CC(C)Sc1cccc(C(=O)Nc2ncnc3c2CCC3)c1. The molecule has 1 N–H and O–H groups in total. The minimum atomic E-state index is -0.112. The zero-order valence-corrected chi connectivity index (χ0v) is 13.6. The number of fused-ring (bicyclic) bond motifs is 1. The predicted molar refractivity (Wildman–Crippen MR) is 89.4 cm³/mol. The van der Waals surface area contributed by atoms with Gasteiger partial charge in [0.05, 0.1) is 0 Å². The Balaban J connectivity index is 1.79. The van der Waals surface area contributed by atoms with Crippen molar-refractivity contribution in [1.82, 2.24) is 9.97 Å². The zero-order chi connectivity index (χ0) is 15.5. The first-order chi connectivity index (χ1) is 10.6. The molecular formula is C17H19N3OS. The molecule has 0 aliphatic heterocycles. The number of nitrogens with zero attached hydrogens (tertiary/aromatic N) is 2. The Morgan fingerprint density at radius 3 is 2.95 bits per heavy atom. The minimum absolute atomic E-state index is 0.112. The van der Waals surface area contributed by atoms with Gasteiger partial charge in [0.1, 0.15) is 12.1 Å². The smallest absolute Gasteiger partial charge is 0.256 e. The molecule has 2 aromatic rings. The van der Waals surface area contributed by atoms with E-state index in [-0.39, 0.29) is 5.91 Å². The van der Waals surface area contributed by atoms with E-state index >= 15 is 0 Å². The summed E-state index contributed by atoms with van der Waals surface area (Å²) in [6.45, 7) is 4.28. The van der Waals surface area contributed by atoms with Crippen molar-refractivity contribution in [1.29, 1.82) is 0 Å². The van der Waals surface area contributed by atoms with Gasteiger partial charge in [0, 0.05) is 27.0 Å². The van der Waals surface area contributed by atoms with E-state index in [9.17, 15) is 4.79 Å². The number of anilines is 1. The lowest BCUT2D eigenvalue weighted by Crippen LogP contribution is -2.15. The highest BCUT2D eigenvalue weighted by Crippen LogP contribution is 2.26. The van der Waals surface area contributed by atoms with Crippen LogP contribution in [-0.2, 0) is 12.8 Å². The minimum Gasteiger partial charge on any atom is -0.306 e. The summed E-state index contributed by atoms with van der Waals surface area (Å²) >= 11 is 1.75. The van der Waals surface area contributed by atoms with Crippen molar-refractivity contribution in [2.24, 2.45) is 0 Å². The van der Waals surface area contributed by atoms with Gasteiger partial charge in [-0.2, -0.15) is 0 Å². The maximum Gasteiger partial charge on any atom is 0.256 e. The Morgan fingerprint density at radius 1 is 1.27 bits per heavy atom. The number of carbonyl (C=O) groups is 1. The van der Waals surface area contributed by atoms with E-state index in [0.29, 0.717) is 16.6 Å². The van der Waals surface area contributed by atoms with Crippen LogP contribution < -0.4 is 5.32 Å². The van der Waals surface area contributed by atoms with Crippen molar-refractivity contribution >= 4 is 23.5 Å². The summed E-state index contributed by atoms with van der Waals surface area (Å²) in [4.78, 5) is 22.1. The molecule has 0 unspecified atom stereocenters. The Bertz CT molecular complexity index is 700. The molecule has 1 aromatic heterocycles. The second-order valence-corrected chi connectivity index (χ2v) is 7.30. The first-order valence-electron chi connectivity index (χ1n) is 7.54. The van der Waals surface area contributed by atoms with Gasteiger partial charge in [0.2, 0.25) is 0 Å². The number of hydrogen-bond donors (Lipinski definition) is 1. The molecule has 0 saturated carbocycles. The maximum absolute atomic E-state index is 12.5. The molecule has 1 heterocycles. The number of aryl methyl sites for hydroxylation is 1. The molecule has 3 rings (SSSR count). The standard InChI is InChI=1S/C17H19N3OS/c1-11(2)22-13-6-3-5-12(9-13)17(21)20-16-14-7-4-8-15(14)18-10-19-16/h3,5-6,9-11H,4,7-8H2,1-2H3,(H,18,19,20,21). The van der Waals surface area contributed by atoms with E-state index in [4.69, 9.17) is 0 Å². The normalized spacial score (nSPS) is 13.2. The number of carbonyl (C=O) groups excluding carboxylic acids is 1. The molecule has 4 nitrogen and oxygen atoms in total. The van der Waals surface area contributed by atoms with Gasteiger partial charge < -0.3 is 5.32 Å². The molecule has 114 valence electrons. The van der Waals surface area contributed by atoms with Crippen molar-refractivity contribution < 1.29 is 4.79 Å². The number of nitrogens with one attached hydrogen (secondary N) is 1. The fraction of sp³-hybridized carbons (Fsp3) is 0.353. The molecule has 1 aliphatic rings. The van der Waals surface area contributed by atoms with Gasteiger partial charge >= 0.3 is 0 Å². The average molecular weight is 313 g/mol. The van der Waals surface area contributed by atoms with Gasteiger partial charge in [-0.05, 0) is 37.5 Å². The quantitative estimate of drug-likeness (QED) is 0.874. The topological polar surface area (TPSA) is 54.9 Å².